The van der Waals surface area contributed by atoms with Gasteiger partial charge in [-0.25, -0.2) is 0 Å². The molecular weight excluding hydrogens is 268 g/mol. The molecule has 6 heteroatoms. The first kappa shape index (κ1) is 14.5. The van der Waals surface area contributed by atoms with Gasteiger partial charge in [0.15, 0.2) is 5.82 Å². The van der Waals surface area contributed by atoms with Gasteiger partial charge in [0, 0.05) is 25.3 Å². The number of rotatable bonds is 7. The van der Waals surface area contributed by atoms with Gasteiger partial charge in [-0.3, -0.25) is 4.79 Å². The van der Waals surface area contributed by atoms with Crippen LogP contribution < -0.4 is 11.1 Å². The molecule has 2 fully saturated rings. The maximum absolute atomic E-state index is 12.0. The third kappa shape index (κ3) is 3.61. The Morgan fingerprint density at radius 1 is 1.38 bits per heavy atom. The molecule has 2 aliphatic rings. The summed E-state index contributed by atoms with van der Waals surface area (Å²) in [5, 5.41) is 7.11. The van der Waals surface area contributed by atoms with Crippen LogP contribution in [0.25, 0.3) is 0 Å². The van der Waals surface area contributed by atoms with Crippen LogP contribution in [0.3, 0.4) is 0 Å². The average Bonchev–Trinajstić information content (AvgIpc) is 3.04. The SMILES string of the molecule is NCC1(NC(=O)CCCc2nc(C3CC3)no2)CCCC1. The van der Waals surface area contributed by atoms with E-state index in [1.165, 1.54) is 12.8 Å². The molecule has 3 N–H and O–H groups in total. The maximum Gasteiger partial charge on any atom is 0.226 e. The third-order valence-electron chi connectivity index (χ3n) is 4.58. The largest absolute Gasteiger partial charge is 0.349 e. The predicted molar refractivity (Wildman–Crippen MR) is 77.6 cm³/mol. The fraction of sp³-hybridized carbons (Fsp3) is 0.800. The highest BCUT2D eigenvalue weighted by Gasteiger charge is 2.33. The minimum absolute atomic E-state index is 0.0873. The molecule has 0 spiro atoms. The van der Waals surface area contributed by atoms with Crippen LogP contribution in [0, 0.1) is 0 Å². The second-order valence-electron chi connectivity index (χ2n) is 6.41. The molecule has 0 saturated heterocycles. The number of carbonyl (C=O) groups excluding carboxylic acids is 1. The molecule has 2 saturated carbocycles. The zero-order valence-electron chi connectivity index (χ0n) is 12.4. The van der Waals surface area contributed by atoms with Crippen molar-refractivity contribution in [1.29, 1.82) is 0 Å². The van der Waals surface area contributed by atoms with Crippen LogP contribution in [-0.2, 0) is 11.2 Å². The van der Waals surface area contributed by atoms with Crippen LogP contribution in [0.15, 0.2) is 4.52 Å². The van der Waals surface area contributed by atoms with Crippen molar-refractivity contribution in [1.82, 2.24) is 15.5 Å². The number of nitrogens with two attached hydrogens (primary N) is 1. The second kappa shape index (κ2) is 6.13. The highest BCUT2D eigenvalue weighted by atomic mass is 16.5. The molecular formula is C15H24N4O2. The van der Waals surface area contributed by atoms with Crippen LogP contribution in [0.1, 0.15) is 69.0 Å². The van der Waals surface area contributed by atoms with E-state index < -0.39 is 0 Å². The fourth-order valence-corrected chi connectivity index (χ4v) is 3.07. The first-order chi connectivity index (χ1) is 10.2. The number of nitrogens with zero attached hydrogens (tertiary/aromatic N) is 2. The Labute approximate surface area is 124 Å². The van der Waals surface area contributed by atoms with Gasteiger partial charge in [-0.05, 0) is 32.1 Å². The van der Waals surface area contributed by atoms with E-state index in [4.69, 9.17) is 10.3 Å². The van der Waals surface area contributed by atoms with Crippen LogP contribution in [-0.4, -0.2) is 28.1 Å². The lowest BCUT2D eigenvalue weighted by Crippen LogP contribution is -2.51. The van der Waals surface area contributed by atoms with Crippen molar-refractivity contribution in [2.45, 2.75) is 69.2 Å². The van der Waals surface area contributed by atoms with Crippen LogP contribution in [0.4, 0.5) is 0 Å². The highest BCUT2D eigenvalue weighted by Crippen LogP contribution is 2.38. The van der Waals surface area contributed by atoms with E-state index in [-0.39, 0.29) is 11.4 Å². The second-order valence-corrected chi connectivity index (χ2v) is 6.41. The van der Waals surface area contributed by atoms with Gasteiger partial charge in [0.2, 0.25) is 11.8 Å². The Kier molecular flexibility index (Phi) is 4.24. The molecule has 3 rings (SSSR count). The number of aryl methyl sites for hydroxylation is 1. The highest BCUT2D eigenvalue weighted by molar-refractivity contribution is 5.76. The monoisotopic (exact) mass is 292 g/mol. The van der Waals surface area contributed by atoms with E-state index in [0.29, 0.717) is 31.2 Å². The van der Waals surface area contributed by atoms with Gasteiger partial charge >= 0.3 is 0 Å². The van der Waals surface area contributed by atoms with Crippen molar-refractivity contribution in [3.8, 4) is 0 Å². The predicted octanol–water partition coefficient (Wildman–Crippen LogP) is 1.66. The quantitative estimate of drug-likeness (QED) is 0.797. The van der Waals surface area contributed by atoms with Gasteiger partial charge < -0.3 is 15.6 Å². The number of carbonyl (C=O) groups is 1. The molecule has 0 aliphatic heterocycles. The topological polar surface area (TPSA) is 94.0 Å². The molecule has 0 bridgehead atoms. The number of hydrogen-bond donors (Lipinski definition) is 2. The van der Waals surface area contributed by atoms with E-state index in [1.54, 1.807) is 0 Å². The average molecular weight is 292 g/mol. The number of aromatic nitrogens is 2. The van der Waals surface area contributed by atoms with Gasteiger partial charge in [-0.1, -0.05) is 18.0 Å². The molecule has 1 amide bonds. The third-order valence-corrected chi connectivity index (χ3v) is 4.58. The van der Waals surface area contributed by atoms with Crippen molar-refractivity contribution < 1.29 is 9.32 Å². The Morgan fingerprint density at radius 2 is 2.14 bits per heavy atom. The molecule has 21 heavy (non-hydrogen) atoms. The van der Waals surface area contributed by atoms with Crippen LogP contribution >= 0.6 is 0 Å². The Morgan fingerprint density at radius 3 is 2.81 bits per heavy atom. The number of nitrogens with one attached hydrogen (secondary N) is 1. The van der Waals surface area contributed by atoms with Crippen molar-refractivity contribution >= 4 is 5.91 Å². The van der Waals surface area contributed by atoms with E-state index in [2.05, 4.69) is 15.5 Å². The summed E-state index contributed by atoms with van der Waals surface area (Å²) in [6.07, 6.45) is 8.55. The van der Waals surface area contributed by atoms with Crippen LogP contribution in [0.2, 0.25) is 0 Å². The molecule has 0 radical (unpaired) electrons. The lowest BCUT2D eigenvalue weighted by molar-refractivity contribution is -0.123. The summed E-state index contributed by atoms with van der Waals surface area (Å²) in [4.78, 5) is 16.4. The molecule has 2 aliphatic carbocycles. The summed E-state index contributed by atoms with van der Waals surface area (Å²) < 4.78 is 5.21. The van der Waals surface area contributed by atoms with E-state index >= 15 is 0 Å². The first-order valence-electron chi connectivity index (χ1n) is 8.04. The lowest BCUT2D eigenvalue weighted by atomic mass is 9.97. The summed E-state index contributed by atoms with van der Waals surface area (Å²) in [6.45, 7) is 0.535. The summed E-state index contributed by atoms with van der Waals surface area (Å²) in [7, 11) is 0. The molecule has 0 unspecified atom stereocenters. The van der Waals surface area contributed by atoms with E-state index in [9.17, 15) is 4.79 Å². The first-order valence-corrected chi connectivity index (χ1v) is 8.04. The van der Waals surface area contributed by atoms with Gasteiger partial charge in [0.25, 0.3) is 0 Å². The summed E-state index contributed by atoms with van der Waals surface area (Å²) >= 11 is 0. The molecule has 1 aromatic rings. The van der Waals surface area contributed by atoms with Crippen molar-refractivity contribution in [3.63, 3.8) is 0 Å². The van der Waals surface area contributed by atoms with Gasteiger partial charge in [0.05, 0.1) is 5.54 Å². The maximum atomic E-state index is 12.0. The Hall–Kier alpha value is -1.43. The summed E-state index contributed by atoms with van der Waals surface area (Å²) in [5.41, 5.74) is 5.67. The van der Waals surface area contributed by atoms with E-state index in [0.717, 1.165) is 37.9 Å². The smallest absolute Gasteiger partial charge is 0.226 e. The van der Waals surface area contributed by atoms with E-state index in [1.807, 2.05) is 0 Å². The van der Waals surface area contributed by atoms with Gasteiger partial charge in [-0.15, -0.1) is 0 Å². The molecule has 116 valence electrons. The molecule has 6 nitrogen and oxygen atoms in total. The molecule has 1 aromatic heterocycles. The number of hydrogen-bond acceptors (Lipinski definition) is 5. The lowest BCUT2D eigenvalue weighted by Gasteiger charge is -2.28. The zero-order valence-corrected chi connectivity index (χ0v) is 12.4. The van der Waals surface area contributed by atoms with Gasteiger partial charge in [-0.2, -0.15) is 4.98 Å². The van der Waals surface area contributed by atoms with Crippen LogP contribution in [0.5, 0.6) is 0 Å². The van der Waals surface area contributed by atoms with Crippen molar-refractivity contribution in [2.75, 3.05) is 6.54 Å². The standard InChI is InChI=1S/C15H24N4O2/c16-10-15(8-1-2-9-15)18-12(20)4-3-5-13-17-14(19-21-13)11-6-7-11/h11H,1-10,16H2,(H,18,20). The van der Waals surface area contributed by atoms with Crippen molar-refractivity contribution in [3.05, 3.63) is 11.7 Å². The van der Waals surface area contributed by atoms with Crippen molar-refractivity contribution in [2.24, 2.45) is 5.73 Å². The fourth-order valence-electron chi connectivity index (χ4n) is 3.07. The zero-order chi connectivity index (χ0) is 14.7. The molecule has 0 atom stereocenters. The molecule has 0 aromatic carbocycles. The minimum atomic E-state index is -0.152. The minimum Gasteiger partial charge on any atom is -0.349 e. The summed E-state index contributed by atoms with van der Waals surface area (Å²) in [5.74, 6) is 2.09. The number of amides is 1. The Bertz CT molecular complexity index is 490. The normalized spacial score (nSPS) is 20.6. The summed E-state index contributed by atoms with van der Waals surface area (Å²) in [6, 6.07) is 0. The molecule has 1 heterocycles. The Balaban J connectivity index is 1.40. The van der Waals surface area contributed by atoms with Gasteiger partial charge in [0.1, 0.15) is 0 Å².